The monoisotopic (exact) mass is 348 g/mol. The average Bonchev–Trinajstić information content (AvgIpc) is 3.15. The molecule has 0 unspecified atom stereocenters. The molecule has 1 N–H and O–H groups in total. The Morgan fingerprint density at radius 1 is 1.26 bits per heavy atom. The summed E-state index contributed by atoms with van der Waals surface area (Å²) in [5.74, 6) is 0.140. The average molecular weight is 349 g/mol. The molecular formula is C18H21ClN2OS. The molecule has 0 aliphatic carbocycles. The van der Waals surface area contributed by atoms with Crippen LogP contribution in [-0.4, -0.2) is 29.9 Å². The van der Waals surface area contributed by atoms with Crippen molar-refractivity contribution in [3.8, 4) is 0 Å². The molecule has 1 aliphatic heterocycles. The molecule has 2 heterocycles. The molecule has 1 aromatic heterocycles. The predicted molar refractivity (Wildman–Crippen MR) is 95.9 cm³/mol. The van der Waals surface area contributed by atoms with Crippen molar-refractivity contribution in [2.75, 3.05) is 13.1 Å². The first kappa shape index (κ1) is 16.5. The van der Waals surface area contributed by atoms with Crippen molar-refractivity contribution < 1.29 is 4.79 Å². The summed E-state index contributed by atoms with van der Waals surface area (Å²) in [6.07, 6.45) is 2.33. The zero-order chi connectivity index (χ0) is 16.1. The van der Waals surface area contributed by atoms with Gasteiger partial charge in [0.15, 0.2) is 0 Å². The van der Waals surface area contributed by atoms with E-state index in [-0.39, 0.29) is 11.9 Å². The molecule has 3 nitrogen and oxygen atoms in total. The third kappa shape index (κ3) is 5.06. The van der Waals surface area contributed by atoms with Crippen molar-refractivity contribution in [2.45, 2.75) is 31.8 Å². The third-order valence-corrected chi connectivity index (χ3v) is 5.40. The number of nitrogens with one attached hydrogen (secondary N) is 1. The van der Waals surface area contributed by atoms with Crippen molar-refractivity contribution in [1.82, 2.24) is 10.2 Å². The maximum absolute atomic E-state index is 12.1. The van der Waals surface area contributed by atoms with Gasteiger partial charge in [0.1, 0.15) is 0 Å². The minimum absolute atomic E-state index is 0.140. The summed E-state index contributed by atoms with van der Waals surface area (Å²) < 4.78 is 0.785. The molecule has 1 aliphatic rings. The smallest absolute Gasteiger partial charge is 0.220 e. The normalized spacial score (nSPS) is 18.2. The summed E-state index contributed by atoms with van der Waals surface area (Å²) in [6.45, 7) is 2.94. The highest BCUT2D eigenvalue weighted by molar-refractivity contribution is 7.16. The van der Waals surface area contributed by atoms with E-state index >= 15 is 0 Å². The molecule has 122 valence electrons. The fraction of sp³-hybridized carbons (Fsp3) is 0.389. The molecule has 5 heteroatoms. The molecular weight excluding hydrogens is 328 g/mol. The third-order valence-electron chi connectivity index (χ3n) is 4.11. The zero-order valence-corrected chi connectivity index (χ0v) is 14.6. The first-order valence-corrected chi connectivity index (χ1v) is 9.18. The fourth-order valence-electron chi connectivity index (χ4n) is 2.96. The van der Waals surface area contributed by atoms with E-state index in [1.54, 1.807) is 11.3 Å². The molecule has 0 spiro atoms. The number of aryl methyl sites for hydroxylation is 1. The van der Waals surface area contributed by atoms with E-state index in [2.05, 4.69) is 34.5 Å². The number of carbonyl (C=O) groups excluding carboxylic acids is 1. The number of thiophene rings is 1. The Morgan fingerprint density at radius 2 is 2.09 bits per heavy atom. The summed E-state index contributed by atoms with van der Waals surface area (Å²) in [4.78, 5) is 15.7. The van der Waals surface area contributed by atoms with Gasteiger partial charge in [-0.25, -0.2) is 0 Å². The largest absolute Gasteiger partial charge is 0.352 e. The second-order valence-electron chi connectivity index (χ2n) is 5.98. The molecule has 2 aromatic rings. The minimum atomic E-state index is 0.140. The highest BCUT2D eigenvalue weighted by Crippen LogP contribution is 2.22. The first-order chi connectivity index (χ1) is 11.2. The van der Waals surface area contributed by atoms with Crippen LogP contribution < -0.4 is 5.32 Å². The molecule has 0 bridgehead atoms. The number of nitrogens with zero attached hydrogens (tertiary/aromatic N) is 1. The van der Waals surface area contributed by atoms with Crippen molar-refractivity contribution in [3.63, 3.8) is 0 Å². The molecule has 1 atom stereocenters. The van der Waals surface area contributed by atoms with Gasteiger partial charge in [0.05, 0.1) is 4.34 Å². The summed E-state index contributed by atoms with van der Waals surface area (Å²) in [5, 5.41) is 3.16. The Kier molecular flexibility index (Phi) is 5.70. The van der Waals surface area contributed by atoms with Crippen LogP contribution in [0.2, 0.25) is 4.34 Å². The van der Waals surface area contributed by atoms with Crippen LogP contribution in [0.3, 0.4) is 0 Å². The Labute approximate surface area is 146 Å². The molecule has 3 rings (SSSR count). The topological polar surface area (TPSA) is 32.3 Å². The predicted octanol–water partition coefficient (Wildman–Crippen LogP) is 3.72. The van der Waals surface area contributed by atoms with Gasteiger partial charge in [-0.15, -0.1) is 11.3 Å². The number of carbonyl (C=O) groups is 1. The van der Waals surface area contributed by atoms with Gasteiger partial charge in [-0.3, -0.25) is 9.69 Å². The number of hydrogen-bond donors (Lipinski definition) is 1. The van der Waals surface area contributed by atoms with Crippen molar-refractivity contribution >= 4 is 28.8 Å². The lowest BCUT2D eigenvalue weighted by atomic mass is 10.2. The van der Waals surface area contributed by atoms with Gasteiger partial charge < -0.3 is 5.32 Å². The van der Waals surface area contributed by atoms with Gasteiger partial charge in [0, 0.05) is 37.0 Å². The van der Waals surface area contributed by atoms with Crippen LogP contribution in [0, 0.1) is 0 Å². The lowest BCUT2D eigenvalue weighted by molar-refractivity contribution is -0.121. The number of amides is 1. The second kappa shape index (κ2) is 7.95. The quantitative estimate of drug-likeness (QED) is 0.862. The lowest BCUT2D eigenvalue weighted by Crippen LogP contribution is -2.37. The van der Waals surface area contributed by atoms with Crippen molar-refractivity contribution in [1.29, 1.82) is 0 Å². The number of hydrogen-bond acceptors (Lipinski definition) is 3. The summed E-state index contributed by atoms with van der Waals surface area (Å²) in [5.41, 5.74) is 1.33. The number of rotatable bonds is 6. The Morgan fingerprint density at radius 3 is 2.83 bits per heavy atom. The molecule has 1 amide bonds. The van der Waals surface area contributed by atoms with E-state index < -0.39 is 0 Å². The van der Waals surface area contributed by atoms with E-state index in [1.807, 2.05) is 18.2 Å². The summed E-state index contributed by atoms with van der Waals surface area (Å²) in [6, 6.07) is 14.6. The van der Waals surface area contributed by atoms with Crippen LogP contribution in [0.15, 0.2) is 42.5 Å². The maximum atomic E-state index is 12.1. The number of halogens is 1. The second-order valence-corrected chi connectivity index (χ2v) is 7.78. The van der Waals surface area contributed by atoms with Crippen LogP contribution in [0.4, 0.5) is 0 Å². The van der Waals surface area contributed by atoms with E-state index in [4.69, 9.17) is 11.6 Å². The maximum Gasteiger partial charge on any atom is 0.220 e. The van der Waals surface area contributed by atoms with Gasteiger partial charge in [0.25, 0.3) is 0 Å². The van der Waals surface area contributed by atoms with Gasteiger partial charge in [-0.2, -0.15) is 0 Å². The number of likely N-dealkylation sites (tertiary alicyclic amines) is 1. The minimum Gasteiger partial charge on any atom is -0.352 e. The van der Waals surface area contributed by atoms with E-state index in [1.165, 1.54) is 10.4 Å². The first-order valence-electron chi connectivity index (χ1n) is 7.99. The Bertz CT molecular complexity index is 643. The molecule has 0 radical (unpaired) electrons. The van der Waals surface area contributed by atoms with Crippen LogP contribution in [0.25, 0.3) is 0 Å². The van der Waals surface area contributed by atoms with Crippen LogP contribution in [0.5, 0.6) is 0 Å². The van der Waals surface area contributed by atoms with Crippen LogP contribution in [0.1, 0.15) is 23.3 Å². The summed E-state index contributed by atoms with van der Waals surface area (Å²) >= 11 is 7.46. The standard InChI is InChI=1S/C18H21ClN2OS/c19-17-8-6-16(23-17)7-9-18(22)20-15-10-11-21(13-15)12-14-4-2-1-3-5-14/h1-6,8,15H,7,9-13H2,(H,20,22)/t15-/m0/s1. The van der Waals surface area contributed by atoms with Crippen LogP contribution in [-0.2, 0) is 17.8 Å². The van der Waals surface area contributed by atoms with Crippen molar-refractivity contribution in [2.24, 2.45) is 0 Å². The summed E-state index contributed by atoms with van der Waals surface area (Å²) in [7, 11) is 0. The van der Waals surface area contributed by atoms with E-state index in [9.17, 15) is 4.79 Å². The van der Waals surface area contributed by atoms with Gasteiger partial charge in [0.2, 0.25) is 5.91 Å². The molecule has 23 heavy (non-hydrogen) atoms. The van der Waals surface area contributed by atoms with Gasteiger partial charge >= 0.3 is 0 Å². The van der Waals surface area contributed by atoms with Crippen molar-refractivity contribution in [3.05, 3.63) is 57.2 Å². The highest BCUT2D eigenvalue weighted by atomic mass is 35.5. The van der Waals surface area contributed by atoms with E-state index in [0.29, 0.717) is 6.42 Å². The van der Waals surface area contributed by atoms with Gasteiger partial charge in [-0.1, -0.05) is 41.9 Å². The van der Waals surface area contributed by atoms with Gasteiger partial charge in [-0.05, 0) is 30.5 Å². The molecule has 0 saturated carbocycles. The Hall–Kier alpha value is -1.36. The number of benzene rings is 1. The zero-order valence-electron chi connectivity index (χ0n) is 13.0. The molecule has 1 fully saturated rings. The lowest BCUT2D eigenvalue weighted by Gasteiger charge is -2.16. The van der Waals surface area contributed by atoms with Crippen LogP contribution >= 0.6 is 22.9 Å². The fourth-order valence-corrected chi connectivity index (χ4v) is 4.05. The van der Waals surface area contributed by atoms with E-state index in [0.717, 1.165) is 36.8 Å². The molecule has 1 aromatic carbocycles. The molecule has 1 saturated heterocycles. The Balaban J connectivity index is 1.40. The SMILES string of the molecule is O=C(CCc1ccc(Cl)s1)N[C@H]1CCN(Cc2ccccc2)C1. The highest BCUT2D eigenvalue weighted by Gasteiger charge is 2.23.